The minimum atomic E-state index is -0.212. The van der Waals surface area contributed by atoms with E-state index in [1.165, 1.54) is 0 Å². The van der Waals surface area contributed by atoms with Crippen LogP contribution in [0.1, 0.15) is 17.3 Å². The standard InChI is InChI=1S/C20H16BrN3O/c21-16-9-5-8-15(20-14-7-1-2-10-18(14)25-24-20)19(16)17(22)12-13-6-3-4-11-23-13/h1-11,17H,12,22H2. The molecule has 0 radical (unpaired) electrons. The lowest BCUT2D eigenvalue weighted by molar-refractivity contribution is 0.459. The fourth-order valence-corrected chi connectivity index (χ4v) is 3.71. The van der Waals surface area contributed by atoms with Crippen LogP contribution >= 0.6 is 15.9 Å². The van der Waals surface area contributed by atoms with Crippen molar-refractivity contribution in [2.24, 2.45) is 5.73 Å². The summed E-state index contributed by atoms with van der Waals surface area (Å²) in [7, 11) is 0. The minimum Gasteiger partial charge on any atom is -0.356 e. The summed E-state index contributed by atoms with van der Waals surface area (Å²) in [6.45, 7) is 0. The molecule has 124 valence electrons. The molecule has 25 heavy (non-hydrogen) atoms. The van der Waals surface area contributed by atoms with Gasteiger partial charge in [0.25, 0.3) is 0 Å². The van der Waals surface area contributed by atoms with Crippen molar-refractivity contribution in [3.8, 4) is 11.3 Å². The second-order valence-electron chi connectivity index (χ2n) is 5.86. The van der Waals surface area contributed by atoms with Crippen LogP contribution < -0.4 is 5.73 Å². The van der Waals surface area contributed by atoms with Crippen LogP contribution in [0, 0.1) is 0 Å². The van der Waals surface area contributed by atoms with Crippen molar-refractivity contribution >= 4 is 26.9 Å². The zero-order valence-electron chi connectivity index (χ0n) is 13.4. The van der Waals surface area contributed by atoms with Gasteiger partial charge in [-0.2, -0.15) is 0 Å². The van der Waals surface area contributed by atoms with Crippen LogP contribution in [0.25, 0.3) is 22.2 Å². The van der Waals surface area contributed by atoms with Crippen LogP contribution in [0.2, 0.25) is 0 Å². The van der Waals surface area contributed by atoms with Crippen LogP contribution in [0.15, 0.2) is 75.9 Å². The molecule has 2 aromatic carbocycles. The molecule has 2 heterocycles. The Morgan fingerprint density at radius 1 is 1.00 bits per heavy atom. The molecule has 0 spiro atoms. The number of rotatable bonds is 4. The van der Waals surface area contributed by atoms with Crippen molar-refractivity contribution in [1.82, 2.24) is 10.1 Å². The minimum absolute atomic E-state index is 0.212. The van der Waals surface area contributed by atoms with Gasteiger partial charge in [-0.05, 0) is 35.9 Å². The highest BCUT2D eigenvalue weighted by Crippen LogP contribution is 2.37. The van der Waals surface area contributed by atoms with E-state index in [-0.39, 0.29) is 6.04 Å². The maximum absolute atomic E-state index is 6.55. The largest absolute Gasteiger partial charge is 0.356 e. The summed E-state index contributed by atoms with van der Waals surface area (Å²) in [4.78, 5) is 4.39. The average molecular weight is 394 g/mol. The van der Waals surface area contributed by atoms with Crippen LogP contribution in [0.4, 0.5) is 0 Å². The molecule has 2 N–H and O–H groups in total. The fraction of sp³-hybridized carbons (Fsp3) is 0.100. The van der Waals surface area contributed by atoms with Crippen LogP contribution in [0.3, 0.4) is 0 Å². The molecule has 1 unspecified atom stereocenters. The van der Waals surface area contributed by atoms with Gasteiger partial charge in [-0.15, -0.1) is 0 Å². The molecule has 1 atom stereocenters. The fourth-order valence-electron chi connectivity index (χ4n) is 3.05. The molecule has 0 fully saturated rings. The lowest BCUT2D eigenvalue weighted by Crippen LogP contribution is -2.16. The molecule has 2 aromatic heterocycles. The van der Waals surface area contributed by atoms with Gasteiger partial charge in [0.2, 0.25) is 0 Å². The van der Waals surface area contributed by atoms with Gasteiger partial charge in [-0.25, -0.2) is 0 Å². The first-order chi connectivity index (χ1) is 12.2. The number of hydrogen-bond acceptors (Lipinski definition) is 4. The summed E-state index contributed by atoms with van der Waals surface area (Å²) in [6.07, 6.45) is 2.43. The van der Waals surface area contributed by atoms with Gasteiger partial charge in [-0.3, -0.25) is 4.98 Å². The van der Waals surface area contributed by atoms with Gasteiger partial charge in [0.05, 0.1) is 0 Å². The number of halogens is 1. The van der Waals surface area contributed by atoms with E-state index < -0.39 is 0 Å². The lowest BCUT2D eigenvalue weighted by Gasteiger charge is -2.17. The number of benzene rings is 2. The first-order valence-electron chi connectivity index (χ1n) is 8.02. The van der Waals surface area contributed by atoms with E-state index in [4.69, 9.17) is 10.3 Å². The van der Waals surface area contributed by atoms with Gasteiger partial charge in [0.1, 0.15) is 5.69 Å². The topological polar surface area (TPSA) is 64.9 Å². The number of nitrogens with two attached hydrogens (primary N) is 1. The van der Waals surface area contributed by atoms with E-state index in [9.17, 15) is 0 Å². The summed E-state index contributed by atoms with van der Waals surface area (Å²) in [5, 5.41) is 5.27. The average Bonchev–Trinajstić information content (AvgIpc) is 3.06. The highest BCUT2D eigenvalue weighted by molar-refractivity contribution is 9.10. The van der Waals surface area contributed by atoms with Crippen molar-refractivity contribution in [3.05, 3.63) is 82.6 Å². The Bertz CT molecular complexity index is 1010. The monoisotopic (exact) mass is 393 g/mol. The summed E-state index contributed by atoms with van der Waals surface area (Å²) in [5.41, 5.74) is 11.1. The van der Waals surface area contributed by atoms with E-state index in [0.717, 1.165) is 38.0 Å². The molecule has 4 aromatic rings. The molecular formula is C20H16BrN3O. The Labute approximate surface area is 153 Å². The third kappa shape index (κ3) is 3.08. The van der Waals surface area contributed by atoms with E-state index in [1.54, 1.807) is 6.20 Å². The Morgan fingerprint density at radius 3 is 2.68 bits per heavy atom. The highest BCUT2D eigenvalue weighted by atomic mass is 79.9. The van der Waals surface area contributed by atoms with Crippen LogP contribution in [-0.4, -0.2) is 10.1 Å². The molecule has 0 bridgehead atoms. The summed E-state index contributed by atoms with van der Waals surface area (Å²) in [5.74, 6) is 0. The number of fused-ring (bicyclic) bond motifs is 1. The zero-order chi connectivity index (χ0) is 17.2. The molecular weight excluding hydrogens is 378 g/mol. The summed E-state index contributed by atoms with van der Waals surface area (Å²) < 4.78 is 6.44. The second-order valence-corrected chi connectivity index (χ2v) is 6.71. The van der Waals surface area contributed by atoms with Crippen LogP contribution in [-0.2, 0) is 6.42 Å². The van der Waals surface area contributed by atoms with Gasteiger partial charge >= 0.3 is 0 Å². The third-order valence-electron chi connectivity index (χ3n) is 4.21. The number of hydrogen-bond donors (Lipinski definition) is 1. The van der Waals surface area contributed by atoms with Crippen molar-refractivity contribution in [1.29, 1.82) is 0 Å². The van der Waals surface area contributed by atoms with E-state index in [0.29, 0.717) is 6.42 Å². The van der Waals surface area contributed by atoms with Crippen molar-refractivity contribution < 1.29 is 4.52 Å². The number of nitrogens with zero attached hydrogens (tertiary/aromatic N) is 2. The van der Waals surface area contributed by atoms with E-state index in [1.807, 2.05) is 60.7 Å². The Balaban J connectivity index is 1.81. The van der Waals surface area contributed by atoms with Gasteiger partial charge in [0, 0.05) is 39.8 Å². The first kappa shape index (κ1) is 16.0. The quantitative estimate of drug-likeness (QED) is 0.535. The summed E-state index contributed by atoms with van der Waals surface area (Å²) >= 11 is 3.65. The van der Waals surface area contributed by atoms with Gasteiger partial charge < -0.3 is 10.3 Å². The molecule has 0 amide bonds. The van der Waals surface area contributed by atoms with Crippen molar-refractivity contribution in [2.75, 3.05) is 0 Å². The van der Waals surface area contributed by atoms with Crippen molar-refractivity contribution in [2.45, 2.75) is 12.5 Å². The predicted octanol–water partition coefficient (Wildman–Crippen LogP) is 4.89. The predicted molar refractivity (Wildman–Crippen MR) is 102 cm³/mol. The van der Waals surface area contributed by atoms with E-state index in [2.05, 4.69) is 26.1 Å². The third-order valence-corrected chi connectivity index (χ3v) is 4.90. The molecule has 0 aliphatic heterocycles. The Morgan fingerprint density at radius 2 is 1.84 bits per heavy atom. The molecule has 4 rings (SSSR count). The highest BCUT2D eigenvalue weighted by Gasteiger charge is 2.20. The maximum Gasteiger partial charge on any atom is 0.167 e. The van der Waals surface area contributed by atoms with Gasteiger partial charge in [-0.1, -0.05) is 51.4 Å². The SMILES string of the molecule is NC(Cc1ccccn1)c1c(Br)cccc1-c1noc2ccccc12. The Hall–Kier alpha value is -2.50. The maximum atomic E-state index is 6.55. The molecule has 0 aliphatic carbocycles. The molecule has 5 heteroatoms. The van der Waals surface area contributed by atoms with Crippen molar-refractivity contribution in [3.63, 3.8) is 0 Å². The zero-order valence-corrected chi connectivity index (χ0v) is 15.0. The molecule has 0 saturated carbocycles. The smallest absolute Gasteiger partial charge is 0.167 e. The van der Waals surface area contributed by atoms with Gasteiger partial charge in [0.15, 0.2) is 5.58 Å². The lowest BCUT2D eigenvalue weighted by atomic mass is 9.94. The number of pyridine rings is 1. The summed E-state index contributed by atoms with van der Waals surface area (Å²) in [6, 6.07) is 19.5. The van der Waals surface area contributed by atoms with Crippen LogP contribution in [0.5, 0.6) is 0 Å². The number of aromatic nitrogens is 2. The first-order valence-corrected chi connectivity index (χ1v) is 8.82. The number of para-hydroxylation sites is 1. The second kappa shape index (κ2) is 6.78. The molecule has 0 saturated heterocycles. The molecule has 4 nitrogen and oxygen atoms in total. The Kier molecular flexibility index (Phi) is 4.34. The normalized spacial score (nSPS) is 12.4. The van der Waals surface area contributed by atoms with E-state index >= 15 is 0 Å². The molecule has 0 aliphatic rings.